The van der Waals surface area contributed by atoms with Gasteiger partial charge in [-0.15, -0.1) is 0 Å². The summed E-state index contributed by atoms with van der Waals surface area (Å²) < 4.78 is 6.07. The molecular weight excluding hydrogens is 495 g/mol. The zero-order valence-corrected chi connectivity index (χ0v) is 20.0. The van der Waals surface area contributed by atoms with E-state index in [1.807, 2.05) is 6.07 Å². The van der Waals surface area contributed by atoms with Gasteiger partial charge < -0.3 is 9.84 Å². The monoisotopic (exact) mass is 510 g/mol. The Morgan fingerprint density at radius 2 is 1.79 bits per heavy atom. The minimum Gasteiger partial charge on any atom is -0.507 e. The third-order valence-electron chi connectivity index (χ3n) is 5.52. The third kappa shape index (κ3) is 3.81. The Balaban J connectivity index is 1.72. The van der Waals surface area contributed by atoms with Crippen molar-refractivity contribution in [2.24, 2.45) is 0 Å². The fraction of sp³-hybridized carbons (Fsp3) is 0.0800. The van der Waals surface area contributed by atoms with Crippen molar-refractivity contribution in [1.82, 2.24) is 4.98 Å². The summed E-state index contributed by atoms with van der Waals surface area (Å²) in [5, 5.41) is 12.4. The lowest BCUT2D eigenvalue weighted by atomic mass is 9.95. The molecule has 3 aromatic carbocycles. The van der Waals surface area contributed by atoms with E-state index in [0.717, 1.165) is 4.70 Å². The van der Waals surface area contributed by atoms with Crippen molar-refractivity contribution < 1.29 is 19.4 Å². The number of ketones is 1. The molecule has 6 nitrogen and oxygen atoms in total. The molecule has 170 valence electrons. The number of carbonyl (C=O) groups excluding carboxylic acids is 2. The summed E-state index contributed by atoms with van der Waals surface area (Å²) in [5.74, 6) is -1.25. The van der Waals surface area contributed by atoms with Crippen molar-refractivity contribution in [1.29, 1.82) is 0 Å². The summed E-state index contributed by atoms with van der Waals surface area (Å²) in [6, 6.07) is 17.7. The number of nitrogens with zero attached hydrogens (tertiary/aromatic N) is 2. The molecule has 0 saturated carbocycles. The van der Waals surface area contributed by atoms with Crippen molar-refractivity contribution >= 4 is 67.3 Å². The van der Waals surface area contributed by atoms with Crippen LogP contribution in [0, 0.1) is 0 Å². The summed E-state index contributed by atoms with van der Waals surface area (Å²) in [4.78, 5) is 32.4. The van der Waals surface area contributed by atoms with Crippen molar-refractivity contribution in [3.63, 3.8) is 0 Å². The van der Waals surface area contributed by atoms with Crippen LogP contribution in [0.15, 0.2) is 72.3 Å². The van der Waals surface area contributed by atoms with E-state index in [1.54, 1.807) is 67.8 Å². The number of Topliss-reactive ketones (excluding diaryl/α,β-unsaturated/α-hetero) is 1. The number of hydrogen-bond donors (Lipinski definition) is 1. The highest BCUT2D eigenvalue weighted by Gasteiger charge is 2.48. The van der Waals surface area contributed by atoms with E-state index in [0.29, 0.717) is 37.6 Å². The van der Waals surface area contributed by atoms with Gasteiger partial charge in [-0.3, -0.25) is 14.5 Å². The first-order valence-corrected chi connectivity index (χ1v) is 11.7. The molecule has 5 rings (SSSR count). The van der Waals surface area contributed by atoms with Gasteiger partial charge >= 0.3 is 5.91 Å². The zero-order chi connectivity index (χ0) is 24.0. The van der Waals surface area contributed by atoms with Crippen LogP contribution in [-0.4, -0.2) is 28.9 Å². The maximum atomic E-state index is 13.3. The Hall–Kier alpha value is -3.39. The van der Waals surface area contributed by atoms with Gasteiger partial charge in [0.05, 0.1) is 28.9 Å². The molecule has 0 unspecified atom stereocenters. The van der Waals surface area contributed by atoms with Crippen molar-refractivity contribution in [3.8, 4) is 5.75 Å². The van der Waals surface area contributed by atoms with Crippen LogP contribution in [0.4, 0.5) is 5.13 Å². The summed E-state index contributed by atoms with van der Waals surface area (Å²) in [5.41, 5.74) is 1.54. The number of fused-ring (bicyclic) bond motifs is 1. The summed E-state index contributed by atoms with van der Waals surface area (Å²) in [6.45, 7) is 0. The smallest absolute Gasteiger partial charge is 0.301 e. The average Bonchev–Trinajstić information content (AvgIpc) is 3.36. The molecular formula is C25H16Cl2N2O4S. The number of methoxy groups -OCH3 is 1. The number of halogens is 2. The van der Waals surface area contributed by atoms with Gasteiger partial charge in [-0.1, -0.05) is 46.7 Å². The van der Waals surface area contributed by atoms with E-state index in [-0.39, 0.29) is 11.3 Å². The number of aromatic nitrogens is 1. The molecule has 1 aliphatic heterocycles. The number of anilines is 1. The number of carbonyl (C=O) groups is 2. The second-order valence-corrected chi connectivity index (χ2v) is 9.44. The second kappa shape index (κ2) is 8.76. The molecule has 1 aromatic heterocycles. The fourth-order valence-corrected chi connectivity index (χ4v) is 5.25. The number of aliphatic hydroxyl groups is 1. The highest BCUT2D eigenvalue weighted by molar-refractivity contribution is 7.22. The lowest BCUT2D eigenvalue weighted by Crippen LogP contribution is -2.29. The molecule has 1 saturated heterocycles. The predicted molar refractivity (Wildman–Crippen MR) is 134 cm³/mol. The van der Waals surface area contributed by atoms with E-state index in [2.05, 4.69) is 4.98 Å². The molecule has 2 heterocycles. The quantitative estimate of drug-likeness (QED) is 0.199. The van der Waals surface area contributed by atoms with Gasteiger partial charge in [0, 0.05) is 15.6 Å². The third-order valence-corrected chi connectivity index (χ3v) is 7.02. The van der Waals surface area contributed by atoms with Crippen LogP contribution < -0.4 is 9.64 Å². The van der Waals surface area contributed by atoms with E-state index in [1.165, 1.54) is 16.2 Å². The summed E-state index contributed by atoms with van der Waals surface area (Å²) >= 11 is 13.5. The van der Waals surface area contributed by atoms with Gasteiger partial charge in [0.25, 0.3) is 5.78 Å². The molecule has 4 aromatic rings. The largest absolute Gasteiger partial charge is 0.507 e. The van der Waals surface area contributed by atoms with Crippen LogP contribution in [0.3, 0.4) is 0 Å². The molecule has 0 spiro atoms. The maximum absolute atomic E-state index is 13.3. The van der Waals surface area contributed by atoms with Crippen LogP contribution in [0.25, 0.3) is 16.0 Å². The molecule has 1 fully saturated rings. The topological polar surface area (TPSA) is 79.7 Å². The zero-order valence-electron chi connectivity index (χ0n) is 17.7. The van der Waals surface area contributed by atoms with E-state index >= 15 is 0 Å². The van der Waals surface area contributed by atoms with Crippen LogP contribution in [-0.2, 0) is 9.59 Å². The maximum Gasteiger partial charge on any atom is 0.301 e. The first-order chi connectivity index (χ1) is 16.4. The van der Waals surface area contributed by atoms with Gasteiger partial charge in [-0.25, -0.2) is 4.98 Å². The molecule has 1 N–H and O–H groups in total. The SMILES string of the molecule is COc1ccc2nc(N3C(=O)C(=O)/C(=C(/O)c4ccc(Cl)cc4)[C@H]3c3cccc(Cl)c3)sc2c1. The van der Waals surface area contributed by atoms with Crippen LogP contribution in [0.2, 0.25) is 10.0 Å². The van der Waals surface area contributed by atoms with E-state index < -0.39 is 17.7 Å². The Morgan fingerprint density at radius 3 is 2.50 bits per heavy atom. The number of hydrogen-bond acceptors (Lipinski definition) is 6. The van der Waals surface area contributed by atoms with Crippen molar-refractivity contribution in [2.45, 2.75) is 6.04 Å². The first-order valence-electron chi connectivity index (χ1n) is 10.1. The van der Waals surface area contributed by atoms with Crippen LogP contribution in [0.5, 0.6) is 5.75 Å². The number of benzene rings is 3. The summed E-state index contributed by atoms with van der Waals surface area (Å²) in [6.07, 6.45) is 0. The van der Waals surface area contributed by atoms with E-state index in [9.17, 15) is 14.7 Å². The molecule has 34 heavy (non-hydrogen) atoms. The molecule has 1 aliphatic rings. The molecule has 1 amide bonds. The lowest BCUT2D eigenvalue weighted by molar-refractivity contribution is -0.132. The first kappa shape index (κ1) is 22.4. The Bertz CT molecular complexity index is 1480. The number of amides is 1. The number of rotatable bonds is 4. The highest BCUT2D eigenvalue weighted by Crippen LogP contribution is 2.45. The van der Waals surface area contributed by atoms with Gasteiger partial charge in [0.15, 0.2) is 5.13 Å². The van der Waals surface area contributed by atoms with Gasteiger partial charge in [-0.2, -0.15) is 0 Å². The van der Waals surface area contributed by atoms with Gasteiger partial charge in [0.1, 0.15) is 11.5 Å². The second-order valence-electron chi connectivity index (χ2n) is 7.56. The highest BCUT2D eigenvalue weighted by atomic mass is 35.5. The molecule has 0 aliphatic carbocycles. The standard InChI is InChI=1S/C25H16Cl2N2O4S/c1-33-17-9-10-18-19(12-17)34-25(28-18)29-21(14-3-2-4-16(27)11-14)20(23(31)24(29)32)22(30)13-5-7-15(26)8-6-13/h2-12,21,30H,1H3/b22-20+/t21-/m1/s1. The van der Waals surface area contributed by atoms with Crippen LogP contribution >= 0.6 is 34.5 Å². The summed E-state index contributed by atoms with van der Waals surface area (Å²) in [7, 11) is 1.57. The Labute approximate surface area is 208 Å². The Kier molecular flexibility index (Phi) is 5.77. The average molecular weight is 511 g/mol. The lowest BCUT2D eigenvalue weighted by Gasteiger charge is -2.23. The number of aliphatic hydroxyl groups excluding tert-OH is 1. The number of thiazole rings is 1. The minimum atomic E-state index is -0.920. The van der Waals surface area contributed by atoms with Crippen molar-refractivity contribution in [2.75, 3.05) is 12.0 Å². The fourth-order valence-electron chi connectivity index (χ4n) is 3.91. The number of ether oxygens (including phenoxy) is 1. The molecule has 1 atom stereocenters. The molecule has 0 bridgehead atoms. The normalized spacial score (nSPS) is 17.5. The minimum absolute atomic E-state index is 0.0496. The molecule has 9 heteroatoms. The molecule has 0 radical (unpaired) electrons. The van der Waals surface area contributed by atoms with Crippen molar-refractivity contribution in [3.05, 3.63) is 93.5 Å². The van der Waals surface area contributed by atoms with Gasteiger partial charge in [0.2, 0.25) is 0 Å². The van der Waals surface area contributed by atoms with Gasteiger partial charge in [-0.05, 0) is 60.2 Å². The van der Waals surface area contributed by atoms with E-state index in [4.69, 9.17) is 27.9 Å². The Morgan fingerprint density at radius 1 is 1.03 bits per heavy atom. The predicted octanol–water partition coefficient (Wildman–Crippen LogP) is 6.24. The van der Waals surface area contributed by atoms with Crippen LogP contribution in [0.1, 0.15) is 17.2 Å².